The number of nitrogens with zero attached hydrogens (tertiary/aromatic N) is 4. The number of anilines is 1. The van der Waals surface area contributed by atoms with Crippen LogP contribution in [0.4, 0.5) is 5.13 Å². The molecule has 3 heterocycles. The predicted octanol–water partition coefficient (Wildman–Crippen LogP) is 3.47. The standard InChI is InChI=1S/C19H22N4O2S/c1-12-6-7-16-17(13(12)2)21-19(26-16)23(11-14-5-4-10-25-14)18(24)15-8-9-20-22(15)3/h6-9,14H,4-5,10-11H2,1-3H3. The van der Waals surface area contributed by atoms with Gasteiger partial charge in [0.25, 0.3) is 5.91 Å². The third-order valence-corrected chi connectivity index (χ3v) is 6.04. The van der Waals surface area contributed by atoms with Crippen LogP contribution in [0, 0.1) is 13.8 Å². The predicted molar refractivity (Wildman–Crippen MR) is 103 cm³/mol. The van der Waals surface area contributed by atoms with E-state index in [0.29, 0.717) is 12.2 Å². The van der Waals surface area contributed by atoms with Crippen molar-refractivity contribution in [2.75, 3.05) is 18.1 Å². The first-order valence-corrected chi connectivity index (χ1v) is 9.64. The first kappa shape index (κ1) is 17.2. The molecule has 1 fully saturated rings. The van der Waals surface area contributed by atoms with Crippen LogP contribution >= 0.6 is 11.3 Å². The molecule has 26 heavy (non-hydrogen) atoms. The molecule has 1 unspecified atom stereocenters. The number of carbonyl (C=O) groups excluding carboxylic acids is 1. The highest BCUT2D eigenvalue weighted by molar-refractivity contribution is 7.22. The zero-order valence-corrected chi connectivity index (χ0v) is 16.0. The van der Waals surface area contributed by atoms with Gasteiger partial charge in [0.2, 0.25) is 0 Å². The number of carbonyl (C=O) groups is 1. The number of ether oxygens (including phenoxy) is 1. The number of aromatic nitrogens is 3. The lowest BCUT2D eigenvalue weighted by molar-refractivity contribution is 0.0909. The normalized spacial score (nSPS) is 17.1. The van der Waals surface area contributed by atoms with Crippen LogP contribution in [0.3, 0.4) is 0 Å². The summed E-state index contributed by atoms with van der Waals surface area (Å²) in [5, 5.41) is 4.85. The van der Waals surface area contributed by atoms with Crippen molar-refractivity contribution >= 4 is 32.6 Å². The maximum atomic E-state index is 13.2. The minimum atomic E-state index is -0.0890. The van der Waals surface area contributed by atoms with Gasteiger partial charge in [-0.05, 0) is 49.9 Å². The number of hydrogen-bond donors (Lipinski definition) is 0. The van der Waals surface area contributed by atoms with Gasteiger partial charge < -0.3 is 4.74 Å². The zero-order valence-electron chi connectivity index (χ0n) is 15.2. The van der Waals surface area contributed by atoms with E-state index >= 15 is 0 Å². The molecule has 2 aromatic heterocycles. The average Bonchev–Trinajstić information content (AvgIpc) is 3.36. The van der Waals surface area contributed by atoms with Gasteiger partial charge in [-0.15, -0.1) is 0 Å². The molecule has 136 valence electrons. The average molecular weight is 370 g/mol. The Morgan fingerprint density at radius 3 is 2.92 bits per heavy atom. The highest BCUT2D eigenvalue weighted by atomic mass is 32.1. The monoisotopic (exact) mass is 370 g/mol. The molecule has 0 aliphatic carbocycles. The van der Waals surface area contributed by atoms with Gasteiger partial charge in [0.05, 0.1) is 22.9 Å². The fourth-order valence-corrected chi connectivity index (χ4v) is 4.32. The van der Waals surface area contributed by atoms with Crippen molar-refractivity contribution in [3.05, 3.63) is 41.2 Å². The number of fused-ring (bicyclic) bond motifs is 1. The van der Waals surface area contributed by atoms with Crippen LogP contribution in [0.15, 0.2) is 24.4 Å². The Balaban J connectivity index is 1.75. The summed E-state index contributed by atoms with van der Waals surface area (Å²) in [6.07, 6.45) is 3.71. The maximum Gasteiger partial charge on any atom is 0.278 e. The fraction of sp³-hybridized carbons (Fsp3) is 0.421. The molecule has 6 nitrogen and oxygen atoms in total. The smallest absolute Gasteiger partial charge is 0.278 e. The van der Waals surface area contributed by atoms with E-state index in [0.717, 1.165) is 40.4 Å². The van der Waals surface area contributed by atoms with Gasteiger partial charge >= 0.3 is 0 Å². The number of amides is 1. The SMILES string of the molecule is Cc1ccc2sc(N(CC3CCCO3)C(=O)c3ccnn3C)nc2c1C. The molecule has 1 saturated heterocycles. The van der Waals surface area contributed by atoms with Crippen molar-refractivity contribution in [1.82, 2.24) is 14.8 Å². The molecular weight excluding hydrogens is 348 g/mol. The van der Waals surface area contributed by atoms with E-state index < -0.39 is 0 Å². The Kier molecular flexibility index (Phi) is 4.50. The summed E-state index contributed by atoms with van der Waals surface area (Å²) in [7, 11) is 1.78. The van der Waals surface area contributed by atoms with Crippen molar-refractivity contribution < 1.29 is 9.53 Å². The van der Waals surface area contributed by atoms with Gasteiger partial charge in [-0.25, -0.2) is 4.98 Å². The van der Waals surface area contributed by atoms with Crippen LogP contribution < -0.4 is 4.90 Å². The molecule has 0 N–H and O–H groups in total. The van der Waals surface area contributed by atoms with Gasteiger partial charge in [0.15, 0.2) is 5.13 Å². The van der Waals surface area contributed by atoms with Gasteiger partial charge in [-0.3, -0.25) is 14.4 Å². The Morgan fingerprint density at radius 2 is 2.23 bits per heavy atom. The highest BCUT2D eigenvalue weighted by Crippen LogP contribution is 2.33. The first-order chi connectivity index (χ1) is 12.5. The van der Waals surface area contributed by atoms with Crippen molar-refractivity contribution in [3.63, 3.8) is 0 Å². The molecule has 1 aromatic carbocycles. The maximum absolute atomic E-state index is 13.2. The summed E-state index contributed by atoms with van der Waals surface area (Å²) in [6, 6.07) is 5.93. The van der Waals surface area contributed by atoms with Crippen LogP contribution in [-0.4, -0.2) is 39.9 Å². The molecule has 0 saturated carbocycles. The first-order valence-electron chi connectivity index (χ1n) is 8.83. The van der Waals surface area contributed by atoms with Gasteiger partial charge in [-0.1, -0.05) is 17.4 Å². The summed E-state index contributed by atoms with van der Waals surface area (Å²) in [5.41, 5.74) is 3.89. The third-order valence-electron chi connectivity index (χ3n) is 5.00. The molecule has 7 heteroatoms. The fourth-order valence-electron chi connectivity index (χ4n) is 3.29. The Bertz CT molecular complexity index is 956. The van der Waals surface area contributed by atoms with E-state index in [2.05, 4.69) is 31.1 Å². The third kappa shape index (κ3) is 3.01. The van der Waals surface area contributed by atoms with E-state index in [1.165, 1.54) is 5.56 Å². The topological polar surface area (TPSA) is 60.2 Å². The molecule has 1 amide bonds. The molecule has 1 atom stereocenters. The number of benzene rings is 1. The Labute approximate surface area is 156 Å². The molecule has 0 radical (unpaired) electrons. The zero-order chi connectivity index (χ0) is 18.3. The summed E-state index contributed by atoms with van der Waals surface area (Å²) >= 11 is 1.55. The summed E-state index contributed by atoms with van der Waals surface area (Å²) in [4.78, 5) is 19.8. The summed E-state index contributed by atoms with van der Waals surface area (Å²) in [6.45, 7) is 5.44. The van der Waals surface area contributed by atoms with Gasteiger partial charge in [0.1, 0.15) is 5.69 Å². The Morgan fingerprint density at radius 1 is 1.38 bits per heavy atom. The van der Waals surface area contributed by atoms with Crippen LogP contribution in [0.25, 0.3) is 10.2 Å². The van der Waals surface area contributed by atoms with Gasteiger partial charge in [-0.2, -0.15) is 5.10 Å². The molecule has 3 aromatic rings. The second-order valence-electron chi connectivity index (χ2n) is 6.74. The molecule has 0 spiro atoms. The van der Waals surface area contributed by atoms with Crippen LogP contribution in [-0.2, 0) is 11.8 Å². The van der Waals surface area contributed by atoms with Crippen LogP contribution in [0.1, 0.15) is 34.5 Å². The lowest BCUT2D eigenvalue weighted by atomic mass is 10.1. The van der Waals surface area contributed by atoms with Crippen molar-refractivity contribution in [1.29, 1.82) is 0 Å². The molecule has 1 aliphatic heterocycles. The van der Waals surface area contributed by atoms with E-state index in [-0.39, 0.29) is 12.0 Å². The van der Waals surface area contributed by atoms with Crippen molar-refractivity contribution in [2.24, 2.45) is 7.05 Å². The van der Waals surface area contributed by atoms with E-state index in [4.69, 9.17) is 9.72 Å². The second-order valence-corrected chi connectivity index (χ2v) is 7.75. The number of rotatable bonds is 4. The minimum absolute atomic E-state index is 0.0574. The Hall–Kier alpha value is -2.25. The minimum Gasteiger partial charge on any atom is -0.376 e. The molecule has 0 bridgehead atoms. The van der Waals surface area contributed by atoms with Gasteiger partial charge in [0, 0.05) is 19.9 Å². The second kappa shape index (κ2) is 6.81. The van der Waals surface area contributed by atoms with Crippen LogP contribution in [0.5, 0.6) is 0 Å². The number of thiazole rings is 1. The lowest BCUT2D eigenvalue weighted by Crippen LogP contribution is -2.38. The lowest BCUT2D eigenvalue weighted by Gasteiger charge is -2.23. The van der Waals surface area contributed by atoms with Crippen molar-refractivity contribution in [2.45, 2.75) is 32.8 Å². The molecule has 4 rings (SSSR count). The highest BCUT2D eigenvalue weighted by Gasteiger charge is 2.28. The quantitative estimate of drug-likeness (QED) is 0.705. The largest absolute Gasteiger partial charge is 0.376 e. The molecule has 1 aliphatic rings. The number of hydrogen-bond acceptors (Lipinski definition) is 5. The van der Waals surface area contributed by atoms with Crippen molar-refractivity contribution in [3.8, 4) is 0 Å². The summed E-state index contributed by atoms with van der Waals surface area (Å²) in [5.74, 6) is -0.0890. The van der Waals surface area contributed by atoms with E-state index in [1.54, 1.807) is 40.2 Å². The van der Waals surface area contributed by atoms with E-state index in [9.17, 15) is 4.79 Å². The van der Waals surface area contributed by atoms with Crippen LogP contribution in [0.2, 0.25) is 0 Å². The van der Waals surface area contributed by atoms with E-state index in [1.807, 2.05) is 0 Å². The molecular formula is C19H22N4O2S. The number of aryl methyl sites for hydroxylation is 3. The summed E-state index contributed by atoms with van der Waals surface area (Å²) < 4.78 is 8.48.